The van der Waals surface area contributed by atoms with Gasteiger partial charge in [-0.05, 0) is 19.3 Å². The van der Waals surface area contributed by atoms with Gasteiger partial charge in [-0.2, -0.15) is 0 Å². The second-order valence-electron chi connectivity index (χ2n) is 4.26. The molecule has 0 aromatic carbocycles. The Morgan fingerprint density at radius 3 is 2.00 bits per heavy atom. The largest absolute Gasteiger partial charge is 0.103 e. The smallest absolute Gasteiger partial charge is 0.0172 e. The molecule has 0 amide bonds. The summed E-state index contributed by atoms with van der Waals surface area (Å²) >= 11 is 0. The van der Waals surface area contributed by atoms with Gasteiger partial charge in [0.25, 0.3) is 0 Å². The van der Waals surface area contributed by atoms with Crippen molar-refractivity contribution in [3.63, 3.8) is 0 Å². The van der Waals surface area contributed by atoms with Crippen molar-refractivity contribution in [3.05, 3.63) is 24.8 Å². The number of rotatable bonds is 11. The van der Waals surface area contributed by atoms with E-state index in [0.29, 0.717) is 0 Å². The Hall–Kier alpha value is -0.520. The predicted octanol–water partition coefficient (Wildman–Crippen LogP) is 5.65. The summed E-state index contributed by atoms with van der Waals surface area (Å²) in [4.78, 5) is 0. The second kappa shape index (κ2) is 13.5. The first-order chi connectivity index (χ1) is 7.41. The van der Waals surface area contributed by atoms with Crippen LogP contribution in [0.4, 0.5) is 0 Å². The van der Waals surface area contributed by atoms with E-state index < -0.39 is 0 Å². The lowest BCUT2D eigenvalue weighted by Gasteiger charge is -1.99. The number of hydrogen-bond donors (Lipinski definition) is 0. The highest BCUT2D eigenvalue weighted by Crippen LogP contribution is 2.09. The van der Waals surface area contributed by atoms with Gasteiger partial charge in [-0.1, -0.05) is 70.1 Å². The lowest BCUT2D eigenvalue weighted by molar-refractivity contribution is 0.577. The van der Waals surface area contributed by atoms with E-state index in [2.05, 4.69) is 25.7 Å². The second-order valence-corrected chi connectivity index (χ2v) is 4.26. The highest BCUT2D eigenvalue weighted by molar-refractivity contribution is 4.87. The van der Waals surface area contributed by atoms with Gasteiger partial charge in [0.05, 0.1) is 0 Å². The van der Waals surface area contributed by atoms with Gasteiger partial charge in [0, 0.05) is 0 Å². The zero-order valence-electron chi connectivity index (χ0n) is 10.5. The third kappa shape index (κ3) is 13.5. The fourth-order valence-electron chi connectivity index (χ4n) is 1.71. The average molecular weight is 208 g/mol. The molecular formula is C15H28. The van der Waals surface area contributed by atoms with Crippen LogP contribution in [0.25, 0.3) is 0 Å². The normalized spacial score (nSPS) is 11.0. The minimum atomic E-state index is 1.02. The Bertz CT molecular complexity index is 144. The quantitative estimate of drug-likeness (QED) is 0.304. The van der Waals surface area contributed by atoms with Crippen molar-refractivity contribution in [1.82, 2.24) is 0 Å². The molecule has 0 heterocycles. The molecule has 0 fully saturated rings. The third-order valence-electron chi connectivity index (χ3n) is 2.69. The first-order valence-corrected chi connectivity index (χ1v) is 6.67. The van der Waals surface area contributed by atoms with Crippen LogP contribution in [0.2, 0.25) is 0 Å². The molecule has 0 bridgehead atoms. The van der Waals surface area contributed by atoms with E-state index in [-0.39, 0.29) is 0 Å². The van der Waals surface area contributed by atoms with Gasteiger partial charge in [0.1, 0.15) is 0 Å². The highest BCUT2D eigenvalue weighted by atomic mass is 14.0. The number of unbranched alkanes of at least 4 members (excludes halogenated alkanes) is 8. The van der Waals surface area contributed by atoms with Gasteiger partial charge in [0.2, 0.25) is 0 Å². The molecule has 0 saturated carbocycles. The summed E-state index contributed by atoms with van der Waals surface area (Å²) < 4.78 is 0. The van der Waals surface area contributed by atoms with Gasteiger partial charge in [0.15, 0.2) is 0 Å². The van der Waals surface area contributed by atoms with Crippen LogP contribution >= 0.6 is 0 Å². The van der Waals surface area contributed by atoms with Crippen molar-refractivity contribution >= 4 is 0 Å². The summed E-state index contributed by atoms with van der Waals surface area (Å²) in [6.07, 6.45) is 20.0. The van der Waals surface area contributed by atoms with Crippen molar-refractivity contribution in [2.75, 3.05) is 0 Å². The lowest BCUT2D eigenvalue weighted by atomic mass is 10.1. The SMILES string of the molecule is C=CCC=CCCCCCCCCCC. The molecule has 0 saturated heterocycles. The maximum absolute atomic E-state index is 3.69. The van der Waals surface area contributed by atoms with E-state index >= 15 is 0 Å². The van der Waals surface area contributed by atoms with E-state index in [0.717, 1.165) is 6.42 Å². The molecule has 0 N–H and O–H groups in total. The standard InChI is InChI=1S/C15H28/c1-3-5-7-9-11-13-15-14-12-10-8-6-4-2/h3,7,9H,1,4-6,8,10-15H2,2H3. The molecule has 0 unspecified atom stereocenters. The van der Waals surface area contributed by atoms with Crippen LogP contribution in [-0.4, -0.2) is 0 Å². The van der Waals surface area contributed by atoms with Crippen molar-refractivity contribution in [2.24, 2.45) is 0 Å². The van der Waals surface area contributed by atoms with Crippen molar-refractivity contribution in [2.45, 2.75) is 71.1 Å². The molecule has 0 aliphatic carbocycles. The molecule has 88 valence electrons. The molecule has 0 spiro atoms. The topological polar surface area (TPSA) is 0 Å². The minimum Gasteiger partial charge on any atom is -0.103 e. The molecule has 0 nitrogen and oxygen atoms in total. The van der Waals surface area contributed by atoms with Crippen LogP contribution < -0.4 is 0 Å². The zero-order valence-corrected chi connectivity index (χ0v) is 10.5. The molecule has 0 aliphatic rings. The van der Waals surface area contributed by atoms with Crippen LogP contribution in [0.5, 0.6) is 0 Å². The van der Waals surface area contributed by atoms with Crippen LogP contribution in [0, 0.1) is 0 Å². The maximum atomic E-state index is 3.69. The predicted molar refractivity (Wildman–Crippen MR) is 71.2 cm³/mol. The lowest BCUT2D eigenvalue weighted by Crippen LogP contribution is -1.79. The van der Waals surface area contributed by atoms with Gasteiger partial charge in [-0.15, -0.1) is 6.58 Å². The van der Waals surface area contributed by atoms with Crippen molar-refractivity contribution in [1.29, 1.82) is 0 Å². The average Bonchev–Trinajstić information content (AvgIpc) is 2.26. The molecule has 0 aliphatic heterocycles. The van der Waals surface area contributed by atoms with Crippen molar-refractivity contribution in [3.8, 4) is 0 Å². The summed E-state index contributed by atoms with van der Waals surface area (Å²) in [5, 5.41) is 0. The highest BCUT2D eigenvalue weighted by Gasteiger charge is 1.89. The first kappa shape index (κ1) is 14.5. The molecule has 15 heavy (non-hydrogen) atoms. The fraction of sp³-hybridized carbons (Fsp3) is 0.733. The summed E-state index contributed by atoms with van der Waals surface area (Å²) in [5.74, 6) is 0. The van der Waals surface area contributed by atoms with E-state index in [1.54, 1.807) is 0 Å². The Morgan fingerprint density at radius 1 is 0.800 bits per heavy atom. The Kier molecular flexibility index (Phi) is 13.0. The van der Waals surface area contributed by atoms with Crippen LogP contribution in [-0.2, 0) is 0 Å². The summed E-state index contributed by atoms with van der Waals surface area (Å²) in [6, 6.07) is 0. The monoisotopic (exact) mass is 208 g/mol. The van der Waals surface area contributed by atoms with E-state index in [1.165, 1.54) is 57.8 Å². The van der Waals surface area contributed by atoms with Crippen LogP contribution in [0.15, 0.2) is 24.8 Å². The number of hydrogen-bond acceptors (Lipinski definition) is 0. The molecule has 0 aromatic heterocycles. The Balaban J connectivity index is 2.95. The molecule has 0 heteroatoms. The molecule has 0 atom stereocenters. The van der Waals surface area contributed by atoms with Gasteiger partial charge < -0.3 is 0 Å². The summed E-state index contributed by atoms with van der Waals surface area (Å²) in [7, 11) is 0. The minimum absolute atomic E-state index is 1.02. The first-order valence-electron chi connectivity index (χ1n) is 6.67. The summed E-state index contributed by atoms with van der Waals surface area (Å²) in [6.45, 7) is 5.97. The van der Waals surface area contributed by atoms with Gasteiger partial charge in [-0.3, -0.25) is 0 Å². The van der Waals surface area contributed by atoms with Gasteiger partial charge >= 0.3 is 0 Å². The fourth-order valence-corrected chi connectivity index (χ4v) is 1.71. The Labute approximate surface area is 96.5 Å². The van der Waals surface area contributed by atoms with E-state index in [1.807, 2.05) is 6.08 Å². The molecule has 0 aromatic rings. The number of allylic oxidation sites excluding steroid dienone is 3. The molecule has 0 rings (SSSR count). The van der Waals surface area contributed by atoms with E-state index in [9.17, 15) is 0 Å². The zero-order chi connectivity index (χ0) is 11.2. The molecule has 0 radical (unpaired) electrons. The summed E-state index contributed by atoms with van der Waals surface area (Å²) in [5.41, 5.74) is 0. The van der Waals surface area contributed by atoms with Crippen molar-refractivity contribution < 1.29 is 0 Å². The Morgan fingerprint density at radius 2 is 1.40 bits per heavy atom. The van der Waals surface area contributed by atoms with Crippen LogP contribution in [0.1, 0.15) is 71.1 Å². The van der Waals surface area contributed by atoms with Crippen LogP contribution in [0.3, 0.4) is 0 Å². The molecular weight excluding hydrogens is 180 g/mol. The maximum Gasteiger partial charge on any atom is -0.0172 e. The third-order valence-corrected chi connectivity index (χ3v) is 2.69. The van der Waals surface area contributed by atoms with Gasteiger partial charge in [-0.25, -0.2) is 0 Å². The van der Waals surface area contributed by atoms with E-state index in [4.69, 9.17) is 0 Å².